The number of halogens is 1. The van der Waals surface area contributed by atoms with Gasteiger partial charge in [0.2, 0.25) is 0 Å². The fourth-order valence-corrected chi connectivity index (χ4v) is 1.93. The third-order valence-corrected chi connectivity index (χ3v) is 3.17. The molecule has 3 N–H and O–H groups in total. The summed E-state index contributed by atoms with van der Waals surface area (Å²) in [5.41, 5.74) is 5.40. The van der Waals surface area contributed by atoms with Crippen LogP contribution in [0.2, 0.25) is 0 Å². The molecular formula is C15H10BrN3O3. The number of hydrogen-bond donors (Lipinski definition) is 2. The van der Waals surface area contributed by atoms with E-state index in [-0.39, 0.29) is 5.57 Å². The number of rotatable bonds is 3. The average molecular weight is 360 g/mol. The first-order valence-corrected chi connectivity index (χ1v) is 6.87. The SMILES string of the molecule is N#C/C(=C\c1ccc(-c2ccc(Br)cc2)o1)C(=O)NC(N)=O. The molecule has 0 aliphatic rings. The number of nitrogens with two attached hydrogens (primary N) is 1. The van der Waals surface area contributed by atoms with Crippen LogP contribution < -0.4 is 11.1 Å². The van der Waals surface area contributed by atoms with Gasteiger partial charge in [0, 0.05) is 16.1 Å². The molecule has 22 heavy (non-hydrogen) atoms. The second-order valence-corrected chi connectivity index (χ2v) is 5.11. The van der Waals surface area contributed by atoms with E-state index in [9.17, 15) is 9.59 Å². The summed E-state index contributed by atoms with van der Waals surface area (Å²) < 4.78 is 6.50. The van der Waals surface area contributed by atoms with Crippen LogP contribution in [0.3, 0.4) is 0 Å². The van der Waals surface area contributed by atoms with E-state index in [1.165, 1.54) is 6.08 Å². The number of nitrogens with one attached hydrogen (secondary N) is 1. The fraction of sp³-hybridized carbons (Fsp3) is 0. The number of primary amides is 1. The van der Waals surface area contributed by atoms with Crippen molar-refractivity contribution >= 4 is 33.9 Å². The van der Waals surface area contributed by atoms with E-state index in [2.05, 4.69) is 15.9 Å². The number of carbonyl (C=O) groups is 2. The molecule has 0 fully saturated rings. The van der Waals surface area contributed by atoms with E-state index in [4.69, 9.17) is 15.4 Å². The molecule has 3 amide bonds. The smallest absolute Gasteiger partial charge is 0.319 e. The highest BCUT2D eigenvalue weighted by molar-refractivity contribution is 9.10. The van der Waals surface area contributed by atoms with Crippen molar-refractivity contribution in [3.63, 3.8) is 0 Å². The first-order chi connectivity index (χ1) is 10.5. The molecule has 2 rings (SSSR count). The Morgan fingerprint density at radius 2 is 1.91 bits per heavy atom. The van der Waals surface area contributed by atoms with E-state index < -0.39 is 11.9 Å². The largest absolute Gasteiger partial charge is 0.457 e. The van der Waals surface area contributed by atoms with Crippen molar-refractivity contribution in [3.8, 4) is 17.4 Å². The van der Waals surface area contributed by atoms with Crippen molar-refractivity contribution < 1.29 is 14.0 Å². The zero-order valence-corrected chi connectivity index (χ0v) is 12.8. The Balaban J connectivity index is 2.25. The third kappa shape index (κ3) is 3.84. The van der Waals surface area contributed by atoms with E-state index in [0.717, 1.165) is 10.0 Å². The number of amides is 3. The zero-order valence-electron chi connectivity index (χ0n) is 11.2. The summed E-state index contributed by atoms with van der Waals surface area (Å²) in [6.45, 7) is 0. The monoisotopic (exact) mass is 359 g/mol. The quantitative estimate of drug-likeness (QED) is 0.648. The van der Waals surface area contributed by atoms with Crippen molar-refractivity contribution in [2.24, 2.45) is 5.73 Å². The second-order valence-electron chi connectivity index (χ2n) is 4.20. The molecule has 6 nitrogen and oxygen atoms in total. The lowest BCUT2D eigenvalue weighted by Crippen LogP contribution is -2.35. The summed E-state index contributed by atoms with van der Waals surface area (Å²) in [5.74, 6) is 0.0250. The Hall–Kier alpha value is -2.85. The third-order valence-electron chi connectivity index (χ3n) is 2.64. The van der Waals surface area contributed by atoms with Gasteiger partial charge in [0.25, 0.3) is 5.91 Å². The minimum atomic E-state index is -1.03. The molecule has 0 aliphatic carbocycles. The molecule has 0 unspecified atom stereocenters. The number of furan rings is 1. The van der Waals surface area contributed by atoms with E-state index in [0.29, 0.717) is 11.5 Å². The van der Waals surface area contributed by atoms with Crippen molar-refractivity contribution in [3.05, 3.63) is 52.2 Å². The molecule has 0 atom stereocenters. The van der Waals surface area contributed by atoms with Crippen LogP contribution in [-0.2, 0) is 4.79 Å². The van der Waals surface area contributed by atoms with Crippen LogP contribution in [0, 0.1) is 11.3 Å². The maximum atomic E-state index is 11.6. The standard InChI is InChI=1S/C15H10BrN3O3/c16-11-3-1-9(2-4-11)13-6-5-12(22-13)7-10(8-17)14(20)19-15(18)21/h1-7H,(H3,18,19,20,21)/b10-7+. The van der Waals surface area contributed by atoms with Crippen molar-refractivity contribution in [2.75, 3.05) is 0 Å². The highest BCUT2D eigenvalue weighted by Gasteiger charge is 2.12. The van der Waals surface area contributed by atoms with Crippen LogP contribution in [0.5, 0.6) is 0 Å². The molecule has 0 radical (unpaired) electrons. The fourth-order valence-electron chi connectivity index (χ4n) is 1.67. The summed E-state index contributed by atoms with van der Waals surface area (Å²) in [4.78, 5) is 22.2. The number of benzene rings is 1. The summed E-state index contributed by atoms with van der Waals surface area (Å²) in [7, 11) is 0. The van der Waals surface area contributed by atoms with Crippen LogP contribution >= 0.6 is 15.9 Å². The molecule has 1 aromatic carbocycles. The Labute approximate surface area is 134 Å². The number of imide groups is 1. The van der Waals surface area contributed by atoms with Crippen LogP contribution in [0.25, 0.3) is 17.4 Å². The Morgan fingerprint density at radius 1 is 1.23 bits per heavy atom. The molecule has 0 spiro atoms. The lowest BCUT2D eigenvalue weighted by molar-refractivity contribution is -0.115. The lowest BCUT2D eigenvalue weighted by Gasteiger charge is -1.98. The Bertz CT molecular complexity index is 785. The first-order valence-electron chi connectivity index (χ1n) is 6.08. The highest BCUT2D eigenvalue weighted by Crippen LogP contribution is 2.24. The van der Waals surface area contributed by atoms with Gasteiger partial charge in [0.15, 0.2) is 0 Å². The minimum Gasteiger partial charge on any atom is -0.457 e. The van der Waals surface area contributed by atoms with E-state index in [1.807, 2.05) is 29.6 Å². The second kappa shape index (κ2) is 6.74. The van der Waals surface area contributed by atoms with Gasteiger partial charge in [0.05, 0.1) is 0 Å². The van der Waals surface area contributed by atoms with Gasteiger partial charge >= 0.3 is 6.03 Å². The van der Waals surface area contributed by atoms with Gasteiger partial charge in [-0.05, 0) is 24.3 Å². The number of nitriles is 1. The van der Waals surface area contributed by atoms with Crippen LogP contribution in [0.15, 0.2) is 50.9 Å². The lowest BCUT2D eigenvalue weighted by atomic mass is 10.2. The Kier molecular flexibility index (Phi) is 4.76. The van der Waals surface area contributed by atoms with Crippen LogP contribution in [0.1, 0.15) is 5.76 Å². The van der Waals surface area contributed by atoms with E-state index in [1.54, 1.807) is 18.2 Å². The molecule has 1 aromatic heterocycles. The Morgan fingerprint density at radius 3 is 2.50 bits per heavy atom. The first kappa shape index (κ1) is 15.5. The number of nitrogens with zero attached hydrogens (tertiary/aromatic N) is 1. The molecule has 0 saturated heterocycles. The average Bonchev–Trinajstić information content (AvgIpc) is 2.93. The summed E-state index contributed by atoms with van der Waals surface area (Å²) in [6.07, 6.45) is 1.24. The molecule has 2 aromatic rings. The van der Waals surface area contributed by atoms with Gasteiger partial charge in [-0.1, -0.05) is 28.1 Å². The van der Waals surface area contributed by atoms with Gasteiger partial charge in [-0.25, -0.2) is 4.79 Å². The molecule has 1 heterocycles. The van der Waals surface area contributed by atoms with Gasteiger partial charge in [-0.3, -0.25) is 10.1 Å². The predicted molar refractivity (Wildman–Crippen MR) is 83.2 cm³/mol. The van der Waals surface area contributed by atoms with Crippen LogP contribution in [0.4, 0.5) is 4.79 Å². The molecule has 0 saturated carbocycles. The van der Waals surface area contributed by atoms with Crippen molar-refractivity contribution in [1.82, 2.24) is 5.32 Å². The van der Waals surface area contributed by atoms with Crippen LogP contribution in [-0.4, -0.2) is 11.9 Å². The normalized spacial score (nSPS) is 10.8. The van der Waals surface area contributed by atoms with Gasteiger partial charge in [-0.15, -0.1) is 0 Å². The summed E-state index contributed by atoms with van der Waals surface area (Å²) in [5, 5.41) is 10.8. The number of carbonyl (C=O) groups excluding carboxylic acids is 2. The summed E-state index contributed by atoms with van der Waals surface area (Å²) in [6, 6.07) is 11.5. The molecular weight excluding hydrogens is 350 g/mol. The zero-order chi connectivity index (χ0) is 16.1. The number of urea groups is 1. The predicted octanol–water partition coefficient (Wildman–Crippen LogP) is 2.81. The molecule has 110 valence electrons. The van der Waals surface area contributed by atoms with Crippen molar-refractivity contribution in [1.29, 1.82) is 5.26 Å². The number of hydrogen-bond acceptors (Lipinski definition) is 4. The molecule has 7 heteroatoms. The minimum absolute atomic E-state index is 0.282. The summed E-state index contributed by atoms with van der Waals surface area (Å²) >= 11 is 3.34. The molecule has 0 bridgehead atoms. The van der Waals surface area contributed by atoms with Gasteiger partial charge in [-0.2, -0.15) is 5.26 Å². The maximum absolute atomic E-state index is 11.6. The van der Waals surface area contributed by atoms with Gasteiger partial charge < -0.3 is 10.2 Å². The maximum Gasteiger partial charge on any atom is 0.319 e. The highest BCUT2D eigenvalue weighted by atomic mass is 79.9. The topological polar surface area (TPSA) is 109 Å². The van der Waals surface area contributed by atoms with Gasteiger partial charge in [0.1, 0.15) is 23.2 Å². The van der Waals surface area contributed by atoms with E-state index >= 15 is 0 Å². The van der Waals surface area contributed by atoms with Crippen molar-refractivity contribution in [2.45, 2.75) is 0 Å². The molecule has 0 aliphatic heterocycles.